The number of piperazine rings is 1. The molecule has 0 unspecified atom stereocenters. The normalized spacial score (nSPS) is 15.5. The zero-order valence-electron chi connectivity index (χ0n) is 16.2. The number of nitrogens with one attached hydrogen (secondary N) is 2. The fourth-order valence-electron chi connectivity index (χ4n) is 2.38. The van der Waals surface area contributed by atoms with E-state index in [4.69, 9.17) is 4.74 Å². The lowest BCUT2D eigenvalue weighted by Gasteiger charge is -2.36. The van der Waals surface area contributed by atoms with Crippen molar-refractivity contribution in [3.63, 3.8) is 0 Å². The average Bonchev–Trinajstić information content (AvgIpc) is 2.62. The van der Waals surface area contributed by atoms with Crippen LogP contribution in [0, 0.1) is 0 Å². The van der Waals surface area contributed by atoms with Crippen LogP contribution in [0.25, 0.3) is 0 Å². The first kappa shape index (κ1) is 21.9. The Morgan fingerprint density at radius 3 is 2.50 bits per heavy atom. The molecule has 0 aromatic carbocycles. The Bertz CT molecular complexity index is 487. The lowest BCUT2D eigenvalue weighted by Crippen LogP contribution is -2.54. The van der Waals surface area contributed by atoms with Crippen LogP contribution >= 0.6 is 0 Å². The summed E-state index contributed by atoms with van der Waals surface area (Å²) in [6.45, 7) is 8.80. The third kappa shape index (κ3) is 8.30. The Hall–Kier alpha value is -2.13. The topological polar surface area (TPSA) is 89.5 Å². The molecular weight excluding hydrogens is 336 g/mol. The third-order valence-electron chi connectivity index (χ3n) is 3.93. The standard InChI is InChI=1S/C17H32N6O3/c1-5-6-19-17(20-13-16(25)21(2)3)23-10-8-22(9-11-23)14-15(24)18-7-12-26-4/h5H,1,6-14H2,2-4H3,(H,18,24)(H,19,20). The molecule has 0 aromatic heterocycles. The molecule has 1 aliphatic heterocycles. The molecule has 1 aliphatic rings. The van der Waals surface area contributed by atoms with Gasteiger partial charge in [-0.1, -0.05) is 6.08 Å². The number of nitrogens with zero attached hydrogens (tertiary/aromatic N) is 4. The predicted octanol–water partition coefficient (Wildman–Crippen LogP) is -1.41. The van der Waals surface area contributed by atoms with Gasteiger partial charge < -0.3 is 25.2 Å². The second kappa shape index (κ2) is 12.3. The van der Waals surface area contributed by atoms with E-state index in [0.29, 0.717) is 32.2 Å². The smallest absolute Gasteiger partial charge is 0.243 e. The highest BCUT2D eigenvalue weighted by Crippen LogP contribution is 2.02. The summed E-state index contributed by atoms with van der Waals surface area (Å²) in [6, 6.07) is 0. The Labute approximate surface area is 156 Å². The molecule has 148 valence electrons. The molecule has 1 heterocycles. The average molecular weight is 368 g/mol. The molecule has 9 heteroatoms. The first-order valence-corrected chi connectivity index (χ1v) is 8.80. The highest BCUT2D eigenvalue weighted by molar-refractivity contribution is 5.85. The Morgan fingerprint density at radius 2 is 1.92 bits per heavy atom. The van der Waals surface area contributed by atoms with Crippen LogP contribution in [0.3, 0.4) is 0 Å². The van der Waals surface area contributed by atoms with Crippen molar-refractivity contribution in [1.29, 1.82) is 0 Å². The monoisotopic (exact) mass is 368 g/mol. The van der Waals surface area contributed by atoms with Gasteiger partial charge in [-0.2, -0.15) is 0 Å². The van der Waals surface area contributed by atoms with E-state index in [1.165, 1.54) is 4.90 Å². The molecule has 1 fully saturated rings. The van der Waals surface area contributed by atoms with Gasteiger partial charge in [0.1, 0.15) is 6.54 Å². The molecule has 0 bridgehead atoms. The van der Waals surface area contributed by atoms with Crippen LogP contribution in [0.4, 0.5) is 0 Å². The van der Waals surface area contributed by atoms with Crippen molar-refractivity contribution in [2.45, 2.75) is 0 Å². The summed E-state index contributed by atoms with van der Waals surface area (Å²) in [4.78, 5) is 33.8. The van der Waals surface area contributed by atoms with Crippen molar-refractivity contribution < 1.29 is 14.3 Å². The van der Waals surface area contributed by atoms with Crippen LogP contribution in [0.1, 0.15) is 0 Å². The molecule has 2 N–H and O–H groups in total. The van der Waals surface area contributed by atoms with E-state index in [1.54, 1.807) is 27.3 Å². The van der Waals surface area contributed by atoms with E-state index in [-0.39, 0.29) is 18.4 Å². The number of rotatable bonds is 9. The van der Waals surface area contributed by atoms with E-state index in [0.717, 1.165) is 26.2 Å². The van der Waals surface area contributed by atoms with Gasteiger partial charge in [0, 0.05) is 60.5 Å². The van der Waals surface area contributed by atoms with Crippen molar-refractivity contribution in [3.8, 4) is 0 Å². The number of aliphatic imine (C=N–C) groups is 1. The maximum atomic E-state index is 11.9. The summed E-state index contributed by atoms with van der Waals surface area (Å²) in [5.74, 6) is 0.657. The van der Waals surface area contributed by atoms with Gasteiger partial charge in [0.05, 0.1) is 13.2 Å². The number of ether oxygens (including phenoxy) is 1. The lowest BCUT2D eigenvalue weighted by atomic mass is 10.3. The van der Waals surface area contributed by atoms with Gasteiger partial charge in [-0.15, -0.1) is 6.58 Å². The van der Waals surface area contributed by atoms with Crippen LogP contribution in [0.15, 0.2) is 17.6 Å². The summed E-state index contributed by atoms with van der Waals surface area (Å²) in [7, 11) is 5.04. The second-order valence-electron chi connectivity index (χ2n) is 6.20. The zero-order chi connectivity index (χ0) is 19.4. The molecule has 26 heavy (non-hydrogen) atoms. The van der Waals surface area contributed by atoms with Gasteiger partial charge in [0.25, 0.3) is 0 Å². The molecule has 2 amide bonds. The number of hydrogen-bond donors (Lipinski definition) is 2. The maximum Gasteiger partial charge on any atom is 0.243 e. The van der Waals surface area contributed by atoms with Crippen molar-refractivity contribution in [3.05, 3.63) is 12.7 Å². The van der Waals surface area contributed by atoms with Gasteiger partial charge in [-0.05, 0) is 0 Å². The highest BCUT2D eigenvalue weighted by atomic mass is 16.5. The molecular formula is C17H32N6O3. The minimum atomic E-state index is -0.0470. The number of carbonyl (C=O) groups is 2. The molecule has 9 nitrogen and oxygen atoms in total. The van der Waals surface area contributed by atoms with Crippen molar-refractivity contribution >= 4 is 17.8 Å². The van der Waals surface area contributed by atoms with Crippen molar-refractivity contribution in [1.82, 2.24) is 25.3 Å². The van der Waals surface area contributed by atoms with Crippen LogP contribution in [-0.4, -0.2) is 113 Å². The number of amides is 2. The van der Waals surface area contributed by atoms with E-state index in [1.807, 2.05) is 0 Å². The minimum Gasteiger partial charge on any atom is -0.383 e. The van der Waals surface area contributed by atoms with Crippen molar-refractivity contribution in [2.24, 2.45) is 4.99 Å². The first-order chi connectivity index (χ1) is 12.5. The molecule has 0 spiro atoms. The summed E-state index contributed by atoms with van der Waals surface area (Å²) in [6.07, 6.45) is 1.75. The minimum absolute atomic E-state index is 0.00533. The third-order valence-corrected chi connectivity index (χ3v) is 3.93. The van der Waals surface area contributed by atoms with E-state index >= 15 is 0 Å². The van der Waals surface area contributed by atoms with E-state index in [9.17, 15) is 9.59 Å². The zero-order valence-corrected chi connectivity index (χ0v) is 16.2. The van der Waals surface area contributed by atoms with E-state index < -0.39 is 0 Å². The largest absolute Gasteiger partial charge is 0.383 e. The second-order valence-corrected chi connectivity index (χ2v) is 6.20. The quantitative estimate of drug-likeness (QED) is 0.225. The van der Waals surface area contributed by atoms with Gasteiger partial charge in [-0.25, -0.2) is 4.99 Å². The van der Waals surface area contributed by atoms with Crippen LogP contribution in [0.5, 0.6) is 0 Å². The number of carbonyl (C=O) groups excluding carboxylic acids is 2. The fourth-order valence-corrected chi connectivity index (χ4v) is 2.38. The van der Waals surface area contributed by atoms with Gasteiger partial charge in [0.2, 0.25) is 11.8 Å². The SMILES string of the molecule is C=CCNC(=NCC(=O)N(C)C)N1CCN(CC(=O)NCCOC)CC1. The Kier molecular flexibility index (Phi) is 10.3. The highest BCUT2D eigenvalue weighted by Gasteiger charge is 2.21. The summed E-state index contributed by atoms with van der Waals surface area (Å²) < 4.78 is 4.92. The molecule has 1 rings (SSSR count). The predicted molar refractivity (Wildman–Crippen MR) is 102 cm³/mol. The van der Waals surface area contributed by atoms with Crippen LogP contribution in [-0.2, 0) is 14.3 Å². The molecule has 0 saturated carbocycles. The maximum absolute atomic E-state index is 11.9. The molecule has 0 aliphatic carbocycles. The Balaban J connectivity index is 2.49. The van der Waals surface area contributed by atoms with Gasteiger partial charge in [-0.3, -0.25) is 14.5 Å². The molecule has 0 atom stereocenters. The van der Waals surface area contributed by atoms with Gasteiger partial charge in [0.15, 0.2) is 5.96 Å². The summed E-state index contributed by atoms with van der Waals surface area (Å²) >= 11 is 0. The van der Waals surface area contributed by atoms with Crippen LogP contribution < -0.4 is 10.6 Å². The van der Waals surface area contributed by atoms with Crippen LogP contribution in [0.2, 0.25) is 0 Å². The molecule has 0 aromatic rings. The molecule has 1 saturated heterocycles. The lowest BCUT2D eigenvalue weighted by molar-refractivity contribution is -0.127. The summed E-state index contributed by atoms with van der Waals surface area (Å²) in [5.41, 5.74) is 0. The fraction of sp³-hybridized carbons (Fsp3) is 0.706. The first-order valence-electron chi connectivity index (χ1n) is 8.80. The Morgan fingerprint density at radius 1 is 1.23 bits per heavy atom. The number of likely N-dealkylation sites (N-methyl/N-ethyl adjacent to an activating group) is 1. The number of methoxy groups -OCH3 is 1. The molecule has 0 radical (unpaired) electrons. The summed E-state index contributed by atoms with van der Waals surface area (Å²) in [5, 5.41) is 6.03. The number of guanidine groups is 1. The van der Waals surface area contributed by atoms with Gasteiger partial charge >= 0.3 is 0 Å². The van der Waals surface area contributed by atoms with Crippen molar-refractivity contribution in [2.75, 3.05) is 80.2 Å². The number of hydrogen-bond acceptors (Lipinski definition) is 5. The van der Waals surface area contributed by atoms with E-state index in [2.05, 4.69) is 32.0 Å².